The lowest BCUT2D eigenvalue weighted by Crippen LogP contribution is -2.45. The Hall–Kier alpha value is -2.74. The first-order chi connectivity index (χ1) is 13.2. The maximum absolute atomic E-state index is 12.8. The van der Waals surface area contributed by atoms with Gasteiger partial charge in [-0.25, -0.2) is 0 Å². The third-order valence-corrected chi connectivity index (χ3v) is 4.53. The van der Waals surface area contributed by atoms with Crippen LogP contribution in [0.4, 0.5) is 24.5 Å². The number of halogens is 4. The molecule has 28 heavy (non-hydrogen) atoms. The largest absolute Gasteiger partial charge is 0.479 e. The van der Waals surface area contributed by atoms with Crippen molar-refractivity contribution in [2.24, 2.45) is 0 Å². The highest BCUT2D eigenvalue weighted by atomic mass is 35.5. The summed E-state index contributed by atoms with van der Waals surface area (Å²) in [5, 5.41) is 2.36. The second kappa shape index (κ2) is 7.71. The Morgan fingerprint density at radius 1 is 1.25 bits per heavy atom. The van der Waals surface area contributed by atoms with E-state index in [0.29, 0.717) is 11.4 Å². The molecule has 0 aliphatic carbocycles. The number of rotatable bonds is 4. The molecule has 1 N–H and O–H groups in total. The Bertz CT molecular complexity index is 918. The predicted molar refractivity (Wildman–Crippen MR) is 98.6 cm³/mol. The van der Waals surface area contributed by atoms with E-state index in [0.717, 1.165) is 18.2 Å². The number of hydrogen-bond acceptors (Lipinski definition) is 3. The second-order valence-corrected chi connectivity index (χ2v) is 6.62. The number of nitrogens with one attached hydrogen (secondary N) is 1. The molecule has 0 saturated heterocycles. The molecule has 2 amide bonds. The van der Waals surface area contributed by atoms with Crippen LogP contribution in [0.15, 0.2) is 42.5 Å². The quantitative estimate of drug-likeness (QED) is 0.804. The number of hydrogen-bond donors (Lipinski definition) is 1. The predicted octanol–water partition coefficient (Wildman–Crippen LogP) is 4.50. The highest BCUT2D eigenvalue weighted by Crippen LogP contribution is 2.35. The SMILES string of the molecule is CC1Oc2ccccc2N(CCC(=O)Nc2cc(C(F)(F)F)ccc2Cl)C1=O. The molecule has 148 valence electrons. The normalized spacial score (nSPS) is 16.4. The third kappa shape index (κ3) is 4.22. The van der Waals surface area contributed by atoms with Gasteiger partial charge >= 0.3 is 6.18 Å². The maximum Gasteiger partial charge on any atom is 0.416 e. The molecular weight excluding hydrogens is 397 g/mol. The van der Waals surface area contributed by atoms with Gasteiger partial charge in [-0.15, -0.1) is 0 Å². The summed E-state index contributed by atoms with van der Waals surface area (Å²) < 4.78 is 44.0. The molecule has 0 saturated carbocycles. The highest BCUT2D eigenvalue weighted by molar-refractivity contribution is 6.33. The molecule has 2 aromatic rings. The van der Waals surface area contributed by atoms with Crippen molar-refractivity contribution >= 4 is 34.8 Å². The van der Waals surface area contributed by atoms with E-state index < -0.39 is 23.8 Å². The molecule has 1 heterocycles. The van der Waals surface area contributed by atoms with Gasteiger partial charge in [-0.3, -0.25) is 9.59 Å². The molecule has 9 heteroatoms. The summed E-state index contributed by atoms with van der Waals surface area (Å²) >= 11 is 5.89. The van der Waals surface area contributed by atoms with E-state index in [4.69, 9.17) is 16.3 Å². The first kappa shape index (κ1) is 20.0. The van der Waals surface area contributed by atoms with Crippen LogP contribution < -0.4 is 15.0 Å². The Morgan fingerprint density at radius 3 is 2.68 bits per heavy atom. The molecule has 0 fully saturated rings. The zero-order chi connectivity index (χ0) is 20.5. The van der Waals surface area contributed by atoms with E-state index >= 15 is 0 Å². The van der Waals surface area contributed by atoms with Crippen molar-refractivity contribution in [3.8, 4) is 5.75 Å². The van der Waals surface area contributed by atoms with Crippen molar-refractivity contribution in [2.75, 3.05) is 16.8 Å². The molecule has 1 aliphatic heterocycles. The number of fused-ring (bicyclic) bond motifs is 1. The van der Waals surface area contributed by atoms with Crippen molar-refractivity contribution in [1.29, 1.82) is 0 Å². The van der Waals surface area contributed by atoms with Gasteiger partial charge in [0.15, 0.2) is 6.10 Å². The van der Waals surface area contributed by atoms with Crippen molar-refractivity contribution in [1.82, 2.24) is 0 Å². The van der Waals surface area contributed by atoms with Crippen LogP contribution in [0, 0.1) is 0 Å². The Labute approximate surface area is 164 Å². The molecule has 3 rings (SSSR count). The van der Waals surface area contributed by atoms with E-state index in [1.807, 2.05) is 0 Å². The molecule has 0 bridgehead atoms. The number of anilines is 2. The van der Waals surface area contributed by atoms with Crippen LogP contribution in [-0.4, -0.2) is 24.5 Å². The average molecular weight is 413 g/mol. The fourth-order valence-electron chi connectivity index (χ4n) is 2.81. The van der Waals surface area contributed by atoms with Gasteiger partial charge in [0.2, 0.25) is 5.91 Å². The standard InChI is InChI=1S/C19H16ClF3N2O3/c1-11-18(27)25(15-4-2-3-5-16(15)28-11)9-8-17(26)24-14-10-12(19(21,22)23)6-7-13(14)20/h2-7,10-11H,8-9H2,1H3,(H,24,26). The van der Waals surface area contributed by atoms with Gasteiger partial charge in [0, 0.05) is 13.0 Å². The molecule has 1 aliphatic rings. The number of benzene rings is 2. The second-order valence-electron chi connectivity index (χ2n) is 6.21. The summed E-state index contributed by atoms with van der Waals surface area (Å²) in [6.07, 6.45) is -5.38. The van der Waals surface area contributed by atoms with Gasteiger partial charge in [0.25, 0.3) is 5.91 Å². The van der Waals surface area contributed by atoms with Crippen LogP contribution >= 0.6 is 11.6 Å². The highest BCUT2D eigenvalue weighted by Gasteiger charge is 2.32. The number of carbonyl (C=O) groups is 2. The van der Waals surface area contributed by atoms with E-state index in [1.54, 1.807) is 31.2 Å². The summed E-state index contributed by atoms with van der Waals surface area (Å²) in [6.45, 7) is 1.65. The van der Waals surface area contributed by atoms with Crippen LogP contribution in [-0.2, 0) is 15.8 Å². The molecule has 1 atom stereocenters. The van der Waals surface area contributed by atoms with Gasteiger partial charge in [-0.05, 0) is 37.3 Å². The summed E-state index contributed by atoms with van der Waals surface area (Å²) in [7, 11) is 0. The topological polar surface area (TPSA) is 58.6 Å². The fraction of sp³-hybridized carbons (Fsp3) is 0.263. The van der Waals surface area contributed by atoms with Crippen LogP contribution in [0.3, 0.4) is 0 Å². The minimum Gasteiger partial charge on any atom is -0.479 e. The lowest BCUT2D eigenvalue weighted by molar-refractivity contribution is -0.137. The number of alkyl halides is 3. The van der Waals surface area contributed by atoms with Gasteiger partial charge in [-0.2, -0.15) is 13.2 Å². The average Bonchev–Trinajstić information content (AvgIpc) is 2.63. The molecule has 5 nitrogen and oxygen atoms in total. The monoisotopic (exact) mass is 412 g/mol. The van der Waals surface area contributed by atoms with Crippen molar-refractivity contribution in [3.63, 3.8) is 0 Å². The zero-order valence-electron chi connectivity index (χ0n) is 14.7. The number of carbonyl (C=O) groups excluding carboxylic acids is 2. The van der Waals surface area contributed by atoms with Crippen molar-refractivity contribution in [2.45, 2.75) is 25.6 Å². The van der Waals surface area contributed by atoms with Crippen LogP contribution in [0.2, 0.25) is 5.02 Å². The molecule has 1 unspecified atom stereocenters. The molecule has 0 radical (unpaired) electrons. The molecule has 0 aromatic heterocycles. The van der Waals surface area contributed by atoms with Crippen molar-refractivity contribution < 1.29 is 27.5 Å². The Balaban J connectivity index is 1.71. The van der Waals surface area contributed by atoms with Crippen molar-refractivity contribution in [3.05, 3.63) is 53.1 Å². The zero-order valence-corrected chi connectivity index (χ0v) is 15.5. The summed E-state index contributed by atoms with van der Waals surface area (Å²) in [5.41, 5.74) is -0.516. The Kier molecular flexibility index (Phi) is 5.51. The van der Waals surface area contributed by atoms with Crippen LogP contribution in [0.25, 0.3) is 0 Å². The molecule has 0 spiro atoms. The van der Waals surface area contributed by atoms with Crippen LogP contribution in [0.1, 0.15) is 18.9 Å². The van der Waals surface area contributed by atoms with Gasteiger partial charge in [0.05, 0.1) is 22.0 Å². The van der Waals surface area contributed by atoms with Gasteiger partial charge in [-0.1, -0.05) is 23.7 Å². The maximum atomic E-state index is 12.8. The number of para-hydroxylation sites is 2. The van der Waals surface area contributed by atoms with E-state index in [2.05, 4.69) is 5.32 Å². The number of amides is 2. The smallest absolute Gasteiger partial charge is 0.416 e. The van der Waals surface area contributed by atoms with Gasteiger partial charge in [0.1, 0.15) is 5.75 Å². The fourth-order valence-corrected chi connectivity index (χ4v) is 2.98. The first-order valence-corrected chi connectivity index (χ1v) is 8.78. The van der Waals surface area contributed by atoms with E-state index in [1.165, 1.54) is 4.90 Å². The number of nitrogens with zero attached hydrogens (tertiary/aromatic N) is 1. The first-order valence-electron chi connectivity index (χ1n) is 8.40. The summed E-state index contributed by atoms with van der Waals surface area (Å²) in [6, 6.07) is 9.60. The third-order valence-electron chi connectivity index (χ3n) is 4.20. The number of ether oxygens (including phenoxy) is 1. The summed E-state index contributed by atoms with van der Waals surface area (Å²) in [5.74, 6) is -0.342. The Morgan fingerprint density at radius 2 is 1.96 bits per heavy atom. The van der Waals surface area contributed by atoms with E-state index in [9.17, 15) is 22.8 Å². The minimum atomic E-state index is -4.55. The minimum absolute atomic E-state index is 0.0113. The lowest BCUT2D eigenvalue weighted by Gasteiger charge is -2.32. The molecular formula is C19H16ClF3N2O3. The summed E-state index contributed by atoms with van der Waals surface area (Å²) in [4.78, 5) is 26.1. The van der Waals surface area contributed by atoms with Gasteiger partial charge < -0.3 is 15.0 Å². The van der Waals surface area contributed by atoms with Crippen LogP contribution in [0.5, 0.6) is 5.75 Å². The lowest BCUT2D eigenvalue weighted by atomic mass is 10.1. The molecule has 2 aromatic carbocycles. The van der Waals surface area contributed by atoms with E-state index in [-0.39, 0.29) is 29.6 Å².